The fourth-order valence-corrected chi connectivity index (χ4v) is 1.47. The maximum atomic E-state index is 8.53. The summed E-state index contributed by atoms with van der Waals surface area (Å²) in [4.78, 5) is 1.24. The van der Waals surface area contributed by atoms with Crippen LogP contribution in [0.25, 0.3) is 0 Å². The van der Waals surface area contributed by atoms with Gasteiger partial charge in [0.2, 0.25) is 5.51 Å². The van der Waals surface area contributed by atoms with Crippen LogP contribution in [0.4, 0.5) is 0 Å². The molecule has 0 aliphatic carbocycles. The van der Waals surface area contributed by atoms with E-state index >= 15 is 0 Å². The monoisotopic (exact) mass is 223 g/mol. The fraction of sp³-hybridized carbons (Fsp3) is 0.500. The molecule has 0 aliphatic rings. The summed E-state index contributed by atoms with van der Waals surface area (Å²) >= 11 is 1.68. The van der Waals surface area contributed by atoms with Crippen molar-refractivity contribution in [3.8, 4) is 0 Å². The van der Waals surface area contributed by atoms with Crippen LogP contribution in [0.1, 0.15) is 4.88 Å². The fourth-order valence-electron chi connectivity index (χ4n) is 0.672. The number of hydrogen-bond donors (Lipinski definition) is 1. The molecule has 1 N–H and O–H groups in total. The van der Waals surface area contributed by atoms with Crippen LogP contribution in [0.15, 0.2) is 11.7 Å². The number of aliphatic hydroxyl groups excluding tert-OH is 1. The molecule has 0 saturated carbocycles. The Bertz CT molecular complexity index is 190. The van der Waals surface area contributed by atoms with Gasteiger partial charge in [-0.1, -0.05) is 11.3 Å². The molecule has 4 heteroatoms. The molecular weight excluding hydrogens is 214 g/mol. The normalized spacial score (nSPS) is 9.00. The van der Waals surface area contributed by atoms with Crippen LogP contribution >= 0.6 is 11.3 Å². The Labute approximate surface area is 74.9 Å². The molecule has 0 radical (unpaired) electrons. The van der Waals surface area contributed by atoms with E-state index in [1.165, 1.54) is 4.88 Å². The predicted molar refractivity (Wildman–Crippen MR) is 36.3 cm³/mol. The van der Waals surface area contributed by atoms with Gasteiger partial charge in [0.15, 0.2) is 6.20 Å². The minimum absolute atomic E-state index is 0. The number of thiazole rings is 1. The molecular formula is C6H10BrNOS. The third-order valence-electron chi connectivity index (χ3n) is 1.08. The molecule has 58 valence electrons. The van der Waals surface area contributed by atoms with Gasteiger partial charge in [0.1, 0.15) is 7.05 Å². The summed E-state index contributed by atoms with van der Waals surface area (Å²) in [5.74, 6) is 0. The van der Waals surface area contributed by atoms with Crippen molar-refractivity contribution in [3.63, 3.8) is 0 Å². The summed E-state index contributed by atoms with van der Waals surface area (Å²) in [6.07, 6.45) is 2.81. The van der Waals surface area contributed by atoms with E-state index in [0.717, 1.165) is 6.42 Å². The molecule has 2 nitrogen and oxygen atoms in total. The van der Waals surface area contributed by atoms with Crippen LogP contribution in [0.3, 0.4) is 0 Å². The van der Waals surface area contributed by atoms with Gasteiger partial charge in [-0.05, 0) is 0 Å². The quantitative estimate of drug-likeness (QED) is 0.536. The van der Waals surface area contributed by atoms with Crippen molar-refractivity contribution < 1.29 is 26.7 Å². The highest BCUT2D eigenvalue weighted by molar-refractivity contribution is 7.09. The molecule has 1 heterocycles. The maximum Gasteiger partial charge on any atom is 0.224 e. The van der Waals surface area contributed by atoms with Gasteiger partial charge in [-0.2, -0.15) is 4.57 Å². The van der Waals surface area contributed by atoms with Crippen molar-refractivity contribution in [2.24, 2.45) is 7.05 Å². The topological polar surface area (TPSA) is 24.1 Å². The Balaban J connectivity index is 0.000000810. The van der Waals surface area contributed by atoms with E-state index < -0.39 is 0 Å². The second-order valence-electron chi connectivity index (χ2n) is 1.96. The molecule has 0 atom stereocenters. The molecule has 0 amide bonds. The Hall–Kier alpha value is 0.0700. The lowest BCUT2D eigenvalue weighted by Crippen LogP contribution is -3.00. The molecule has 1 aromatic heterocycles. The van der Waals surface area contributed by atoms with Crippen LogP contribution in [-0.2, 0) is 13.5 Å². The SMILES string of the molecule is C[n+]1csc(CCO)c1.[Br-]. The lowest BCUT2D eigenvalue weighted by Gasteiger charge is -1.82. The van der Waals surface area contributed by atoms with Crippen LogP contribution in [-0.4, -0.2) is 11.7 Å². The molecule has 10 heavy (non-hydrogen) atoms. The number of aryl methyl sites for hydroxylation is 1. The van der Waals surface area contributed by atoms with E-state index in [-0.39, 0.29) is 23.6 Å². The van der Waals surface area contributed by atoms with Gasteiger partial charge in [0.05, 0.1) is 4.88 Å². The van der Waals surface area contributed by atoms with Crippen molar-refractivity contribution >= 4 is 11.3 Å². The van der Waals surface area contributed by atoms with Gasteiger partial charge in [-0.3, -0.25) is 0 Å². The highest BCUT2D eigenvalue weighted by Crippen LogP contribution is 2.02. The summed E-state index contributed by atoms with van der Waals surface area (Å²) in [5, 5.41) is 8.53. The highest BCUT2D eigenvalue weighted by Gasteiger charge is 1.99. The smallest absolute Gasteiger partial charge is 0.224 e. The van der Waals surface area contributed by atoms with Crippen LogP contribution in [0.2, 0.25) is 0 Å². The van der Waals surface area contributed by atoms with E-state index in [4.69, 9.17) is 5.11 Å². The summed E-state index contributed by atoms with van der Waals surface area (Å²) in [5.41, 5.74) is 2.02. The zero-order valence-corrected chi connectivity index (χ0v) is 8.15. The summed E-state index contributed by atoms with van der Waals surface area (Å²) in [6.45, 7) is 0.251. The molecule has 0 saturated heterocycles. The molecule has 1 aromatic rings. The number of hydrogen-bond acceptors (Lipinski definition) is 2. The average molecular weight is 224 g/mol. The van der Waals surface area contributed by atoms with Gasteiger partial charge in [-0.15, -0.1) is 0 Å². The van der Waals surface area contributed by atoms with Crippen LogP contribution in [0, 0.1) is 0 Å². The predicted octanol–water partition coefficient (Wildman–Crippen LogP) is -2.89. The zero-order valence-electron chi connectivity index (χ0n) is 5.75. The third-order valence-corrected chi connectivity index (χ3v) is 2.13. The molecule has 0 bridgehead atoms. The Kier molecular flexibility index (Phi) is 4.85. The minimum Gasteiger partial charge on any atom is -1.00 e. The number of rotatable bonds is 2. The summed E-state index contributed by atoms with van der Waals surface area (Å²) < 4.78 is 2.00. The Morgan fingerprint density at radius 3 is 2.80 bits per heavy atom. The second-order valence-corrected chi connectivity index (χ2v) is 2.93. The van der Waals surface area contributed by atoms with E-state index in [2.05, 4.69) is 0 Å². The van der Waals surface area contributed by atoms with Crippen LogP contribution < -0.4 is 21.5 Å². The Morgan fingerprint density at radius 1 is 1.70 bits per heavy atom. The lowest BCUT2D eigenvalue weighted by molar-refractivity contribution is -0.666. The molecule has 0 unspecified atom stereocenters. The highest BCUT2D eigenvalue weighted by atomic mass is 79.9. The van der Waals surface area contributed by atoms with E-state index in [9.17, 15) is 0 Å². The largest absolute Gasteiger partial charge is 1.00 e. The third kappa shape index (κ3) is 2.77. The summed E-state index contributed by atoms with van der Waals surface area (Å²) in [7, 11) is 1.98. The van der Waals surface area contributed by atoms with Crippen molar-refractivity contribution in [3.05, 3.63) is 16.6 Å². The van der Waals surface area contributed by atoms with Crippen molar-refractivity contribution in [1.29, 1.82) is 0 Å². The molecule has 0 aromatic carbocycles. The Morgan fingerprint density at radius 2 is 2.40 bits per heavy atom. The summed E-state index contributed by atoms with van der Waals surface area (Å²) in [6, 6.07) is 0. The minimum atomic E-state index is 0. The molecule has 1 rings (SSSR count). The van der Waals surface area contributed by atoms with Crippen molar-refractivity contribution in [2.75, 3.05) is 6.61 Å². The van der Waals surface area contributed by atoms with Gasteiger partial charge in [0.25, 0.3) is 0 Å². The maximum absolute atomic E-state index is 8.53. The van der Waals surface area contributed by atoms with Gasteiger partial charge in [0, 0.05) is 13.0 Å². The first-order chi connectivity index (χ1) is 4.33. The van der Waals surface area contributed by atoms with E-state index in [1.807, 2.05) is 23.3 Å². The first-order valence-corrected chi connectivity index (χ1v) is 3.74. The van der Waals surface area contributed by atoms with Gasteiger partial charge >= 0.3 is 0 Å². The molecule has 0 aliphatic heterocycles. The standard InChI is InChI=1S/C6H10NOS.BrH/c1-7-4-6(2-3-8)9-5-7;/h4-5,8H,2-3H2,1H3;1H/q+1;/p-1. The average Bonchev–Trinajstić information content (AvgIpc) is 2.17. The first kappa shape index (κ1) is 10.1. The number of nitrogens with zero attached hydrogens (tertiary/aromatic N) is 1. The molecule has 0 spiro atoms. The van der Waals surface area contributed by atoms with Gasteiger partial charge in [-0.25, -0.2) is 0 Å². The van der Waals surface area contributed by atoms with Gasteiger partial charge < -0.3 is 22.1 Å². The first-order valence-electron chi connectivity index (χ1n) is 2.86. The number of aromatic nitrogens is 1. The lowest BCUT2D eigenvalue weighted by atomic mass is 10.4. The van der Waals surface area contributed by atoms with Crippen molar-refractivity contribution in [1.82, 2.24) is 0 Å². The van der Waals surface area contributed by atoms with Crippen LogP contribution in [0.5, 0.6) is 0 Å². The van der Waals surface area contributed by atoms with E-state index in [0.29, 0.717) is 0 Å². The second kappa shape index (κ2) is 4.82. The number of aliphatic hydroxyl groups is 1. The zero-order chi connectivity index (χ0) is 6.69. The van der Waals surface area contributed by atoms with Crippen molar-refractivity contribution in [2.45, 2.75) is 6.42 Å². The molecule has 0 fully saturated rings. The van der Waals surface area contributed by atoms with E-state index in [1.54, 1.807) is 11.3 Å². The number of halogens is 1.